The topological polar surface area (TPSA) is 456 Å². The first-order chi connectivity index (χ1) is 0. The zero-order valence-corrected chi connectivity index (χ0v) is 27.9. The molecule has 0 radical (unpaired) electrons. The molecule has 0 saturated heterocycles. The smallest absolute Gasteiger partial charge is 1.00 e. The van der Waals surface area contributed by atoms with Gasteiger partial charge in [-0.15, -0.1) is 0 Å². The van der Waals surface area contributed by atoms with Crippen LogP contribution in [0.25, 0.3) is 0 Å². The maximum absolute atomic E-state index is 0. The van der Waals surface area contributed by atoms with E-state index in [1.165, 1.54) is 0 Å². The Kier molecular flexibility index (Phi) is 23300. The second kappa shape index (κ2) is 772. The van der Waals surface area contributed by atoms with E-state index in [9.17, 15) is 0 Å². The minimum atomic E-state index is 0. The van der Waals surface area contributed by atoms with Crippen LogP contribution in [0.2, 0.25) is 0 Å². The summed E-state index contributed by atoms with van der Waals surface area (Å²) < 4.78 is 0. The monoisotopic (exact) mass is 1050 g/mol. The fraction of sp³-hybridized carbons (Fsp3) is 0. The Balaban J connectivity index is 0. The van der Waals surface area contributed by atoms with Crippen molar-refractivity contribution in [2.75, 3.05) is 0 Å². The van der Waals surface area contributed by atoms with Gasteiger partial charge in [0.05, 0.1) is 0 Å². The van der Waals surface area contributed by atoms with Gasteiger partial charge in [-0.3, -0.25) is 0 Å². The molecule has 28 heavy (non-hydrogen) atoms. The molecule has 0 amide bonds. The van der Waals surface area contributed by atoms with Crippen LogP contribution in [-0.4, -0.2) is 0 Å². The van der Waals surface area contributed by atoms with E-state index >= 15 is 0 Å². The van der Waals surface area contributed by atoms with Gasteiger partial charge in [0.15, 0.2) is 0 Å². The molecule has 0 atom stereocenters. The molecule has 16 nitrogen and oxygen atoms in total. The quantitative estimate of drug-likeness (QED) is 0.204. The minimum absolute atomic E-state index is 0. The van der Waals surface area contributed by atoms with Crippen molar-refractivity contribution in [3.8, 4) is 0 Å². The van der Waals surface area contributed by atoms with Gasteiger partial charge in [-0.1, -0.05) is 0 Å². The van der Waals surface area contributed by atoms with E-state index in [-0.39, 0.29) is 323 Å². The van der Waals surface area contributed by atoms with E-state index in [2.05, 4.69) is 0 Å². The van der Waals surface area contributed by atoms with Crippen molar-refractivity contribution in [2.24, 2.45) is 0 Å². The third-order valence-corrected chi connectivity index (χ3v) is 0. The van der Waals surface area contributed by atoms with E-state index in [0.29, 0.717) is 0 Å². The summed E-state index contributed by atoms with van der Waals surface area (Å²) in [6.45, 7) is 0. The summed E-state index contributed by atoms with van der Waals surface area (Å²) in [5.74, 6) is 0. The summed E-state index contributed by atoms with van der Waals surface area (Å²) in [6.07, 6.45) is 0. The summed E-state index contributed by atoms with van der Waals surface area (Å²) in [7, 11) is 0. The first-order valence-electron chi connectivity index (χ1n) is 0. The summed E-state index contributed by atoms with van der Waals surface area (Å²) in [5, 5.41) is 0. The van der Waals surface area contributed by atoms with Gasteiger partial charge < -0.3 is 87.6 Å². The maximum Gasteiger partial charge on any atom is 1.00 e. The average Bonchev–Trinajstić information content (AvgIpc) is 0. The summed E-state index contributed by atoms with van der Waals surface area (Å²) in [4.78, 5) is 0. The second-order valence-corrected chi connectivity index (χ2v) is 0. The van der Waals surface area contributed by atoms with E-state index in [1.54, 1.807) is 0 Å². The molecule has 0 spiro atoms. The molecule has 28 heteroatoms. The summed E-state index contributed by atoms with van der Waals surface area (Å²) >= 11 is 0. The van der Waals surface area contributed by atoms with Crippen LogP contribution in [0.4, 0.5) is 0 Å². The predicted molar refractivity (Wildman–Crippen MR) is 11.0 cm³/mol. The maximum atomic E-state index is 0. The standard InChI is InChI=1S/8Li.16O.4W/q8*+1;16*-2;;;;. The Hall–Kier alpha value is 6.89. The molecule has 0 bridgehead atoms. The van der Waals surface area contributed by atoms with Crippen LogP contribution in [0, 0.1) is 0 Å². The van der Waals surface area contributed by atoms with Crippen LogP contribution in [0.1, 0.15) is 0 Å². The molecule has 0 fully saturated rings. The van der Waals surface area contributed by atoms with Crippen LogP contribution >= 0.6 is 0 Å². The zero-order valence-electron chi connectivity index (χ0n) is 16.2. The zero-order chi connectivity index (χ0) is 0. The van der Waals surface area contributed by atoms with Gasteiger partial charge in [0.1, 0.15) is 0 Å². The molecule has 152 valence electrons. The van der Waals surface area contributed by atoms with Crippen molar-refractivity contribution in [2.45, 2.75) is 0 Å². The molecule has 0 aliphatic heterocycles. The van der Waals surface area contributed by atoms with Crippen molar-refractivity contribution in [1.29, 1.82) is 0 Å². The SMILES string of the molecule is [Li+].[Li+].[Li+].[Li+].[Li+].[Li+].[Li+].[Li+].[O-2].[O-2].[O-2].[O-2].[O-2].[O-2].[O-2].[O-2].[O-2].[O-2].[O-2].[O-2].[O-2].[O-2].[O-2].[O-2].[W].[W].[W].[W]. The van der Waals surface area contributed by atoms with E-state index in [1.807, 2.05) is 0 Å². The summed E-state index contributed by atoms with van der Waals surface area (Å²) in [5.41, 5.74) is 0. The molecule has 0 aliphatic rings. The van der Waals surface area contributed by atoms with E-state index in [4.69, 9.17) is 0 Å². The molecule has 0 aromatic heterocycles. The van der Waals surface area contributed by atoms with E-state index < -0.39 is 0 Å². The predicted octanol–water partition coefficient (Wildman–Crippen LogP) is -25.9. The van der Waals surface area contributed by atoms with Crippen LogP contribution in [-0.2, 0) is 172 Å². The van der Waals surface area contributed by atoms with Crippen molar-refractivity contribution < 1.29 is 323 Å². The molecular weight excluding hydrogens is 1050 g/mol. The van der Waals surface area contributed by atoms with Crippen LogP contribution in [0.5, 0.6) is 0 Å². The third-order valence-electron chi connectivity index (χ3n) is 0. The first kappa shape index (κ1) is 844. The third kappa shape index (κ3) is 704. The Morgan fingerprint density at radius 2 is 0.107 bits per heavy atom. The van der Waals surface area contributed by atoms with Gasteiger partial charge in [-0.25, -0.2) is 0 Å². The van der Waals surface area contributed by atoms with Crippen molar-refractivity contribution in [3.63, 3.8) is 0 Å². The van der Waals surface area contributed by atoms with Crippen LogP contribution < -0.4 is 151 Å². The van der Waals surface area contributed by atoms with Gasteiger partial charge in [0, 0.05) is 84.3 Å². The summed E-state index contributed by atoms with van der Waals surface area (Å²) in [6, 6.07) is 0. The molecule has 0 aromatic rings. The van der Waals surface area contributed by atoms with Gasteiger partial charge in [-0.2, -0.15) is 0 Å². The first-order valence-corrected chi connectivity index (χ1v) is 0. The van der Waals surface area contributed by atoms with Gasteiger partial charge in [-0.05, 0) is 0 Å². The Morgan fingerprint density at radius 3 is 0.107 bits per heavy atom. The van der Waals surface area contributed by atoms with Crippen molar-refractivity contribution in [1.82, 2.24) is 0 Å². The molecular formula is Li8O16W4-24. The van der Waals surface area contributed by atoms with Crippen molar-refractivity contribution in [3.05, 3.63) is 0 Å². The van der Waals surface area contributed by atoms with Gasteiger partial charge in [0.2, 0.25) is 0 Å². The molecule has 0 heterocycles. The number of rotatable bonds is 0. The normalized spacial score (nSPS) is 0. The Labute approximate surface area is 317 Å². The Morgan fingerprint density at radius 1 is 0.107 bits per heavy atom. The number of hydrogen-bond acceptors (Lipinski definition) is 0. The molecule has 0 unspecified atom stereocenters. The molecule has 0 rings (SSSR count). The van der Waals surface area contributed by atoms with Crippen molar-refractivity contribution >= 4 is 0 Å². The van der Waals surface area contributed by atoms with Gasteiger partial charge >= 0.3 is 151 Å². The van der Waals surface area contributed by atoms with Crippen LogP contribution in [0.15, 0.2) is 0 Å². The Bertz CT molecular complexity index is 38.6. The average molecular weight is 1050 g/mol. The fourth-order valence-corrected chi connectivity index (χ4v) is 0. The van der Waals surface area contributed by atoms with Crippen LogP contribution in [0.3, 0.4) is 0 Å². The number of hydrogen-bond donors (Lipinski definition) is 0. The molecule has 0 aliphatic carbocycles. The van der Waals surface area contributed by atoms with Gasteiger partial charge in [0.25, 0.3) is 0 Å². The van der Waals surface area contributed by atoms with E-state index in [0.717, 1.165) is 0 Å². The molecule has 0 aromatic carbocycles. The second-order valence-electron chi connectivity index (χ2n) is 0. The molecule has 0 saturated carbocycles. The fourth-order valence-electron chi connectivity index (χ4n) is 0. The minimum Gasteiger partial charge on any atom is -2.00 e. The molecule has 0 N–H and O–H groups in total. The largest absolute Gasteiger partial charge is 2.00 e.